The number of imidazole rings is 1. The fourth-order valence-corrected chi connectivity index (χ4v) is 4.32. The second kappa shape index (κ2) is 11.4. The minimum Gasteiger partial charge on any atom is -0.497 e. The molecule has 0 aliphatic carbocycles. The zero-order chi connectivity index (χ0) is 25.5. The summed E-state index contributed by atoms with van der Waals surface area (Å²) in [5.41, 5.74) is 4.59. The number of pyridine rings is 2. The predicted octanol–water partition coefficient (Wildman–Crippen LogP) is 5.16. The van der Waals surface area contributed by atoms with Crippen LogP contribution in [0, 0.1) is 0 Å². The van der Waals surface area contributed by atoms with E-state index in [9.17, 15) is 4.79 Å². The maximum atomic E-state index is 13.1. The van der Waals surface area contributed by atoms with Crippen LogP contribution >= 0.6 is 0 Å². The number of ether oxygens (including phenoxy) is 2. The number of hydrogen-bond donors (Lipinski definition) is 1. The minimum absolute atomic E-state index is 0.0666. The van der Waals surface area contributed by atoms with Crippen LogP contribution in [0.25, 0.3) is 5.65 Å². The number of benzene rings is 2. The van der Waals surface area contributed by atoms with Gasteiger partial charge in [0, 0.05) is 43.7 Å². The number of amides is 1. The van der Waals surface area contributed by atoms with Gasteiger partial charge in [-0.3, -0.25) is 9.78 Å². The van der Waals surface area contributed by atoms with Crippen LogP contribution in [-0.2, 0) is 17.9 Å². The lowest BCUT2D eigenvalue weighted by Gasteiger charge is -2.18. The fraction of sp³-hybridized carbons (Fsp3) is 0.167. The Bertz CT molecular complexity index is 1470. The van der Waals surface area contributed by atoms with Gasteiger partial charge in [-0.2, -0.15) is 0 Å². The van der Waals surface area contributed by atoms with Gasteiger partial charge in [0.05, 0.1) is 12.8 Å². The summed E-state index contributed by atoms with van der Waals surface area (Å²) >= 11 is 0. The normalized spacial score (nSPS) is 11.7. The molecule has 7 nitrogen and oxygen atoms in total. The number of carbonyl (C=O) groups is 1. The summed E-state index contributed by atoms with van der Waals surface area (Å²) in [6, 6.07) is 25.5. The van der Waals surface area contributed by atoms with Crippen LogP contribution in [0.2, 0.25) is 0 Å². The van der Waals surface area contributed by atoms with Gasteiger partial charge in [-0.25, -0.2) is 4.98 Å². The summed E-state index contributed by atoms with van der Waals surface area (Å²) in [5, 5.41) is 3.02. The third-order valence-electron chi connectivity index (χ3n) is 6.22. The Balaban J connectivity index is 1.43. The molecule has 37 heavy (non-hydrogen) atoms. The second-order valence-electron chi connectivity index (χ2n) is 8.69. The van der Waals surface area contributed by atoms with Crippen molar-refractivity contribution in [3.05, 3.63) is 126 Å². The van der Waals surface area contributed by atoms with Crippen molar-refractivity contribution >= 4 is 11.6 Å². The molecule has 0 radical (unpaired) electrons. The molecular formula is C30H28N4O3. The molecule has 1 N–H and O–H groups in total. The molecule has 0 fully saturated rings. The number of carbonyl (C=O) groups excluding carboxylic acids is 1. The summed E-state index contributed by atoms with van der Waals surface area (Å²) in [7, 11) is 1.64. The Morgan fingerprint density at radius 3 is 2.65 bits per heavy atom. The van der Waals surface area contributed by atoms with Gasteiger partial charge in [-0.1, -0.05) is 48.5 Å². The average molecular weight is 493 g/mol. The number of rotatable bonds is 10. The van der Waals surface area contributed by atoms with E-state index in [0.717, 1.165) is 28.1 Å². The van der Waals surface area contributed by atoms with Crippen LogP contribution in [-0.4, -0.2) is 27.4 Å². The SMILES string of the molecule is COc1cccc(C(CC(=O)NCc2cccnc2)c2cnc3c(OCc4ccccc4)cccn23)c1. The van der Waals surface area contributed by atoms with Crippen molar-refractivity contribution in [2.75, 3.05) is 7.11 Å². The largest absolute Gasteiger partial charge is 0.497 e. The Morgan fingerprint density at radius 1 is 0.973 bits per heavy atom. The minimum atomic E-state index is -0.247. The number of nitrogens with zero attached hydrogens (tertiary/aromatic N) is 3. The van der Waals surface area contributed by atoms with Gasteiger partial charge < -0.3 is 19.2 Å². The van der Waals surface area contributed by atoms with E-state index in [1.165, 1.54) is 0 Å². The van der Waals surface area contributed by atoms with Crippen molar-refractivity contribution in [1.82, 2.24) is 19.7 Å². The van der Waals surface area contributed by atoms with E-state index in [0.29, 0.717) is 24.5 Å². The summed E-state index contributed by atoms with van der Waals surface area (Å²) in [4.78, 5) is 21.9. The highest BCUT2D eigenvalue weighted by Crippen LogP contribution is 2.32. The van der Waals surface area contributed by atoms with Crippen LogP contribution in [0.4, 0.5) is 0 Å². The quantitative estimate of drug-likeness (QED) is 0.292. The first-order chi connectivity index (χ1) is 18.2. The first-order valence-electron chi connectivity index (χ1n) is 12.1. The summed E-state index contributed by atoms with van der Waals surface area (Å²) in [6.07, 6.45) is 7.49. The molecule has 186 valence electrons. The molecular weight excluding hydrogens is 464 g/mol. The molecule has 0 saturated carbocycles. The maximum absolute atomic E-state index is 13.1. The van der Waals surface area contributed by atoms with E-state index in [1.54, 1.807) is 19.5 Å². The van der Waals surface area contributed by atoms with E-state index >= 15 is 0 Å². The predicted molar refractivity (Wildman–Crippen MR) is 142 cm³/mol. The highest BCUT2D eigenvalue weighted by Gasteiger charge is 2.23. The lowest BCUT2D eigenvalue weighted by atomic mass is 9.92. The zero-order valence-corrected chi connectivity index (χ0v) is 20.6. The number of hydrogen-bond acceptors (Lipinski definition) is 5. The third kappa shape index (κ3) is 5.78. The molecule has 2 aromatic carbocycles. The van der Waals surface area contributed by atoms with E-state index in [1.807, 2.05) is 95.7 Å². The highest BCUT2D eigenvalue weighted by atomic mass is 16.5. The van der Waals surface area contributed by atoms with E-state index in [-0.39, 0.29) is 18.2 Å². The van der Waals surface area contributed by atoms with Gasteiger partial charge in [0.25, 0.3) is 0 Å². The average Bonchev–Trinajstić information content (AvgIpc) is 3.39. The van der Waals surface area contributed by atoms with Crippen LogP contribution in [0.3, 0.4) is 0 Å². The van der Waals surface area contributed by atoms with Crippen molar-refractivity contribution in [3.63, 3.8) is 0 Å². The summed E-state index contributed by atoms with van der Waals surface area (Å²) < 4.78 is 13.6. The van der Waals surface area contributed by atoms with Crippen molar-refractivity contribution in [2.45, 2.75) is 25.5 Å². The summed E-state index contributed by atoms with van der Waals surface area (Å²) in [6.45, 7) is 0.862. The molecule has 3 heterocycles. The first kappa shape index (κ1) is 24.1. The molecule has 1 amide bonds. The maximum Gasteiger partial charge on any atom is 0.221 e. The molecule has 0 bridgehead atoms. The van der Waals surface area contributed by atoms with E-state index < -0.39 is 0 Å². The van der Waals surface area contributed by atoms with Crippen molar-refractivity contribution in [3.8, 4) is 11.5 Å². The number of nitrogens with one attached hydrogen (secondary N) is 1. The standard InChI is InChI=1S/C30H28N4O3/c1-36-25-12-5-11-24(16-25)26(17-29(35)32-19-23-10-6-14-31-18-23)27-20-33-30-28(13-7-15-34(27)30)37-21-22-8-3-2-4-9-22/h2-16,18,20,26H,17,19,21H2,1H3,(H,32,35). The van der Waals surface area contributed by atoms with Gasteiger partial charge >= 0.3 is 0 Å². The highest BCUT2D eigenvalue weighted by molar-refractivity contribution is 5.77. The van der Waals surface area contributed by atoms with Crippen LogP contribution in [0.15, 0.2) is 104 Å². The third-order valence-corrected chi connectivity index (χ3v) is 6.22. The van der Waals surface area contributed by atoms with Crippen LogP contribution in [0.5, 0.6) is 11.5 Å². The van der Waals surface area contributed by atoms with Gasteiger partial charge in [0.15, 0.2) is 11.4 Å². The molecule has 1 atom stereocenters. The fourth-order valence-electron chi connectivity index (χ4n) is 4.32. The monoisotopic (exact) mass is 492 g/mol. The number of methoxy groups -OCH3 is 1. The molecule has 0 aliphatic rings. The van der Waals surface area contributed by atoms with Crippen molar-refractivity contribution < 1.29 is 14.3 Å². The van der Waals surface area contributed by atoms with Gasteiger partial charge in [-0.05, 0) is 47.0 Å². The molecule has 5 rings (SSSR count). The first-order valence-corrected chi connectivity index (χ1v) is 12.1. The van der Waals surface area contributed by atoms with Crippen LogP contribution < -0.4 is 14.8 Å². The Labute approximate surface area is 215 Å². The Hall–Kier alpha value is -4.65. The molecule has 0 spiro atoms. The summed E-state index contributed by atoms with van der Waals surface area (Å²) in [5.74, 6) is 1.11. The topological polar surface area (TPSA) is 77.8 Å². The molecule has 1 unspecified atom stereocenters. The molecule has 5 aromatic rings. The van der Waals surface area contributed by atoms with Crippen molar-refractivity contribution in [1.29, 1.82) is 0 Å². The van der Waals surface area contributed by atoms with Crippen molar-refractivity contribution in [2.24, 2.45) is 0 Å². The van der Waals surface area contributed by atoms with Crippen LogP contribution in [0.1, 0.15) is 34.7 Å². The smallest absolute Gasteiger partial charge is 0.221 e. The van der Waals surface area contributed by atoms with Gasteiger partial charge in [0.1, 0.15) is 12.4 Å². The van der Waals surface area contributed by atoms with Gasteiger partial charge in [0.2, 0.25) is 5.91 Å². The zero-order valence-electron chi connectivity index (χ0n) is 20.6. The van der Waals surface area contributed by atoms with E-state index in [4.69, 9.17) is 9.47 Å². The molecule has 3 aromatic heterocycles. The number of fused-ring (bicyclic) bond motifs is 1. The number of aromatic nitrogens is 3. The van der Waals surface area contributed by atoms with Gasteiger partial charge in [-0.15, -0.1) is 0 Å². The lowest BCUT2D eigenvalue weighted by Crippen LogP contribution is -2.25. The Kier molecular flexibility index (Phi) is 7.41. The molecule has 0 saturated heterocycles. The lowest BCUT2D eigenvalue weighted by molar-refractivity contribution is -0.121. The molecule has 0 aliphatic heterocycles. The molecule has 7 heteroatoms. The Morgan fingerprint density at radius 2 is 1.84 bits per heavy atom. The van der Waals surface area contributed by atoms with E-state index in [2.05, 4.69) is 15.3 Å². The second-order valence-corrected chi connectivity index (χ2v) is 8.69.